The van der Waals surface area contributed by atoms with Crippen LogP contribution < -0.4 is 20.5 Å². The lowest BCUT2D eigenvalue weighted by Gasteiger charge is -2.33. The van der Waals surface area contributed by atoms with E-state index in [1.54, 1.807) is 6.07 Å². The molecular formula is C28H34FN5O3. The van der Waals surface area contributed by atoms with E-state index in [1.165, 1.54) is 23.8 Å². The fraction of sp³-hybridized carbons (Fsp3) is 0.464. The van der Waals surface area contributed by atoms with Crippen molar-refractivity contribution in [3.05, 3.63) is 52.6 Å². The van der Waals surface area contributed by atoms with Gasteiger partial charge in [-0.15, -0.1) is 0 Å². The number of ether oxygens (including phenoxy) is 1. The number of methoxy groups -OCH3 is 1. The summed E-state index contributed by atoms with van der Waals surface area (Å²) in [6.45, 7) is 7.87. The van der Waals surface area contributed by atoms with Gasteiger partial charge in [0.05, 0.1) is 18.0 Å². The lowest BCUT2D eigenvalue weighted by atomic mass is 10.0. The summed E-state index contributed by atoms with van der Waals surface area (Å²) in [6, 6.07) is 10.6. The van der Waals surface area contributed by atoms with Crippen LogP contribution in [0.2, 0.25) is 0 Å². The number of fused-ring (bicyclic) bond motifs is 5. The van der Waals surface area contributed by atoms with E-state index in [0.29, 0.717) is 28.3 Å². The standard InChI is InChI=1S/C28H34FN5O3/c1-4-18(2)30-26(35)17-34-27(19-5-7-23(29)25(15-19)37-3)31-24-8-6-21(16-22(24)28(34)36)33-14-13-32-11-9-20(33)10-12-32/h5-8,15-16,18,20H,4,9-14,17H2,1-3H3,(H,30,35). The first-order valence-corrected chi connectivity index (χ1v) is 13.0. The Bertz CT molecular complexity index is 1370. The number of nitrogens with zero attached hydrogens (tertiary/aromatic N) is 4. The van der Waals surface area contributed by atoms with Gasteiger partial charge in [-0.1, -0.05) is 6.92 Å². The Morgan fingerprint density at radius 1 is 1.16 bits per heavy atom. The third kappa shape index (κ3) is 5.05. The van der Waals surface area contributed by atoms with Crippen LogP contribution in [0, 0.1) is 5.82 Å². The number of halogens is 1. The summed E-state index contributed by atoms with van der Waals surface area (Å²) >= 11 is 0. The molecule has 0 saturated carbocycles. The molecule has 0 radical (unpaired) electrons. The average Bonchev–Trinajstić information content (AvgIpc) is 3.24. The van der Waals surface area contributed by atoms with Gasteiger partial charge < -0.3 is 19.9 Å². The van der Waals surface area contributed by atoms with Gasteiger partial charge >= 0.3 is 0 Å². The molecule has 0 spiro atoms. The van der Waals surface area contributed by atoms with Crippen LogP contribution in [0.25, 0.3) is 22.3 Å². The van der Waals surface area contributed by atoms with E-state index >= 15 is 0 Å². The Morgan fingerprint density at radius 2 is 1.95 bits per heavy atom. The van der Waals surface area contributed by atoms with Gasteiger partial charge in [-0.3, -0.25) is 14.2 Å². The van der Waals surface area contributed by atoms with Crippen molar-refractivity contribution in [3.8, 4) is 17.1 Å². The molecule has 6 rings (SSSR count). The number of hydrogen-bond acceptors (Lipinski definition) is 6. The Balaban J connectivity index is 1.61. The van der Waals surface area contributed by atoms with Crippen molar-refractivity contribution in [3.63, 3.8) is 0 Å². The molecule has 1 amide bonds. The highest BCUT2D eigenvalue weighted by molar-refractivity contribution is 5.85. The quantitative estimate of drug-likeness (QED) is 0.528. The van der Waals surface area contributed by atoms with Crippen molar-refractivity contribution in [2.45, 2.75) is 51.7 Å². The molecule has 3 fully saturated rings. The molecular weight excluding hydrogens is 473 g/mol. The maximum absolute atomic E-state index is 14.1. The Kier molecular flexibility index (Phi) is 7.15. The molecule has 196 valence electrons. The monoisotopic (exact) mass is 507 g/mol. The van der Waals surface area contributed by atoms with Crippen LogP contribution in [0.5, 0.6) is 5.75 Å². The molecule has 1 atom stereocenters. The van der Waals surface area contributed by atoms with Gasteiger partial charge in [-0.25, -0.2) is 9.37 Å². The second-order valence-electron chi connectivity index (χ2n) is 10.0. The van der Waals surface area contributed by atoms with E-state index in [4.69, 9.17) is 9.72 Å². The number of carbonyl (C=O) groups is 1. The predicted molar refractivity (Wildman–Crippen MR) is 143 cm³/mol. The summed E-state index contributed by atoms with van der Waals surface area (Å²) in [7, 11) is 1.39. The van der Waals surface area contributed by atoms with Gasteiger partial charge in [0.2, 0.25) is 5.91 Å². The van der Waals surface area contributed by atoms with E-state index in [1.807, 2.05) is 32.0 Å². The number of amides is 1. The minimum Gasteiger partial charge on any atom is -0.494 e. The number of hydrogen-bond donors (Lipinski definition) is 1. The molecule has 3 saturated heterocycles. The normalized spacial score (nSPS) is 20.1. The zero-order chi connectivity index (χ0) is 26.1. The van der Waals surface area contributed by atoms with Crippen LogP contribution in [0.3, 0.4) is 0 Å². The van der Waals surface area contributed by atoms with E-state index in [0.717, 1.165) is 51.1 Å². The molecule has 37 heavy (non-hydrogen) atoms. The summed E-state index contributed by atoms with van der Waals surface area (Å²) < 4.78 is 20.7. The number of rotatable bonds is 7. The van der Waals surface area contributed by atoms with Crippen molar-refractivity contribution < 1.29 is 13.9 Å². The number of nitrogens with one attached hydrogen (secondary N) is 1. The summed E-state index contributed by atoms with van der Waals surface area (Å²) in [5.74, 6) is -0.445. The lowest BCUT2D eigenvalue weighted by Crippen LogP contribution is -2.38. The Hall–Kier alpha value is -3.46. The summed E-state index contributed by atoms with van der Waals surface area (Å²) in [4.78, 5) is 36.5. The van der Waals surface area contributed by atoms with E-state index < -0.39 is 5.82 Å². The molecule has 2 aromatic carbocycles. The van der Waals surface area contributed by atoms with E-state index in [9.17, 15) is 14.0 Å². The number of anilines is 1. The first-order valence-electron chi connectivity index (χ1n) is 13.0. The van der Waals surface area contributed by atoms with Crippen molar-refractivity contribution in [1.29, 1.82) is 0 Å². The van der Waals surface area contributed by atoms with Crippen molar-refractivity contribution in [1.82, 2.24) is 19.8 Å². The second kappa shape index (κ2) is 10.5. The number of carbonyl (C=O) groups excluding carboxylic acids is 1. The number of piperidine rings is 1. The predicted octanol–water partition coefficient (Wildman–Crippen LogP) is 3.41. The van der Waals surface area contributed by atoms with Crippen LogP contribution in [-0.2, 0) is 11.3 Å². The SMILES string of the molecule is CCC(C)NC(=O)Cn1c(-c2ccc(F)c(OC)c2)nc2ccc(N3CCN4CCC3CC4)cc2c1=O. The van der Waals surface area contributed by atoms with Crippen LogP contribution in [0.15, 0.2) is 41.2 Å². The summed E-state index contributed by atoms with van der Waals surface area (Å²) in [5, 5.41) is 3.39. The molecule has 2 bridgehead atoms. The topological polar surface area (TPSA) is 79.7 Å². The first-order chi connectivity index (χ1) is 17.9. The molecule has 3 aliphatic heterocycles. The maximum Gasteiger partial charge on any atom is 0.262 e. The Labute approximate surface area is 216 Å². The van der Waals surface area contributed by atoms with Crippen molar-refractivity contribution >= 4 is 22.5 Å². The maximum atomic E-state index is 14.1. The largest absolute Gasteiger partial charge is 0.494 e. The molecule has 1 unspecified atom stereocenters. The van der Waals surface area contributed by atoms with Crippen molar-refractivity contribution in [2.24, 2.45) is 0 Å². The van der Waals surface area contributed by atoms with E-state index in [-0.39, 0.29) is 29.8 Å². The molecule has 9 heteroatoms. The van der Waals surface area contributed by atoms with Crippen LogP contribution in [0.4, 0.5) is 10.1 Å². The van der Waals surface area contributed by atoms with Gasteiger partial charge in [0.15, 0.2) is 11.6 Å². The van der Waals surface area contributed by atoms with Gasteiger partial charge in [0.1, 0.15) is 12.4 Å². The highest BCUT2D eigenvalue weighted by Gasteiger charge is 2.29. The third-order valence-corrected chi connectivity index (χ3v) is 7.66. The molecule has 3 aromatic rings. The zero-order valence-electron chi connectivity index (χ0n) is 21.7. The zero-order valence-corrected chi connectivity index (χ0v) is 21.7. The van der Waals surface area contributed by atoms with Gasteiger partial charge in [0.25, 0.3) is 5.56 Å². The minimum absolute atomic E-state index is 0.0217. The molecule has 3 aliphatic rings. The van der Waals surface area contributed by atoms with Crippen LogP contribution >= 0.6 is 0 Å². The first kappa shape index (κ1) is 25.2. The minimum atomic E-state index is -0.511. The third-order valence-electron chi connectivity index (χ3n) is 7.66. The van der Waals surface area contributed by atoms with Crippen LogP contribution in [0.1, 0.15) is 33.1 Å². The molecule has 8 nitrogen and oxygen atoms in total. The van der Waals surface area contributed by atoms with Gasteiger partial charge in [0, 0.05) is 49.5 Å². The molecule has 4 heterocycles. The second-order valence-corrected chi connectivity index (χ2v) is 10.0. The number of benzene rings is 2. The fourth-order valence-electron chi connectivity index (χ4n) is 5.35. The highest BCUT2D eigenvalue weighted by Crippen LogP contribution is 2.30. The van der Waals surface area contributed by atoms with Crippen LogP contribution in [-0.4, -0.2) is 65.7 Å². The van der Waals surface area contributed by atoms with Gasteiger partial charge in [-0.05, 0) is 62.6 Å². The van der Waals surface area contributed by atoms with Gasteiger partial charge in [-0.2, -0.15) is 0 Å². The molecule has 1 aromatic heterocycles. The fourth-order valence-corrected chi connectivity index (χ4v) is 5.35. The average molecular weight is 508 g/mol. The summed E-state index contributed by atoms with van der Waals surface area (Å²) in [5.41, 5.74) is 1.74. The summed E-state index contributed by atoms with van der Waals surface area (Å²) in [6.07, 6.45) is 3.00. The van der Waals surface area contributed by atoms with Crippen molar-refractivity contribution in [2.75, 3.05) is 38.2 Å². The molecule has 1 N–H and O–H groups in total. The highest BCUT2D eigenvalue weighted by atomic mass is 19.1. The lowest BCUT2D eigenvalue weighted by molar-refractivity contribution is -0.122. The number of aromatic nitrogens is 2. The Morgan fingerprint density at radius 3 is 2.68 bits per heavy atom. The van der Waals surface area contributed by atoms with E-state index in [2.05, 4.69) is 15.1 Å². The molecule has 0 aliphatic carbocycles. The smallest absolute Gasteiger partial charge is 0.262 e.